The summed E-state index contributed by atoms with van der Waals surface area (Å²) in [4.78, 5) is 12.7. The van der Waals surface area contributed by atoms with Crippen LogP contribution in [0.25, 0.3) is 0 Å². The second-order valence-corrected chi connectivity index (χ2v) is 6.25. The van der Waals surface area contributed by atoms with Crippen molar-refractivity contribution in [3.8, 4) is 0 Å². The summed E-state index contributed by atoms with van der Waals surface area (Å²) >= 11 is 2.29. The van der Waals surface area contributed by atoms with Crippen molar-refractivity contribution in [2.45, 2.75) is 19.8 Å². The predicted molar refractivity (Wildman–Crippen MR) is 85.6 cm³/mol. The topological polar surface area (TPSA) is 17.1 Å². The lowest BCUT2D eigenvalue weighted by Crippen LogP contribution is -2.16. The van der Waals surface area contributed by atoms with Gasteiger partial charge >= 0.3 is 0 Å². The lowest BCUT2D eigenvalue weighted by molar-refractivity contribution is 0.0923. The van der Waals surface area contributed by atoms with Crippen LogP contribution in [0.4, 0.5) is 0 Å². The molecule has 96 valence electrons. The number of carbonyl (C=O) groups is 1. The van der Waals surface area contributed by atoms with Crippen LogP contribution in [0.3, 0.4) is 0 Å². The molecule has 0 fully saturated rings. The zero-order chi connectivity index (χ0) is 13.4. The summed E-state index contributed by atoms with van der Waals surface area (Å²) < 4.78 is 1.10. The second kappa shape index (κ2) is 5.08. The first-order valence-corrected chi connectivity index (χ1v) is 7.61. The maximum Gasteiger partial charge on any atom is 0.167 e. The van der Waals surface area contributed by atoms with Crippen molar-refractivity contribution in [2.75, 3.05) is 0 Å². The van der Waals surface area contributed by atoms with Crippen molar-refractivity contribution in [3.05, 3.63) is 68.3 Å². The second-order valence-electron chi connectivity index (χ2n) is 5.17. The fraction of sp³-hybridized carbons (Fsp3) is 0.235. The average Bonchev–Trinajstić information content (AvgIpc) is 2.85. The van der Waals surface area contributed by atoms with Gasteiger partial charge in [0.05, 0.1) is 0 Å². The van der Waals surface area contributed by atoms with Crippen molar-refractivity contribution in [1.29, 1.82) is 0 Å². The van der Waals surface area contributed by atoms with E-state index in [1.807, 2.05) is 12.1 Å². The fourth-order valence-corrected chi connectivity index (χ4v) is 3.43. The van der Waals surface area contributed by atoms with Gasteiger partial charge in [0.1, 0.15) is 0 Å². The van der Waals surface area contributed by atoms with Gasteiger partial charge in [-0.1, -0.05) is 42.5 Å². The number of ketones is 1. The number of hydrogen-bond donors (Lipinski definition) is 0. The summed E-state index contributed by atoms with van der Waals surface area (Å²) in [6, 6.07) is 14.4. The van der Waals surface area contributed by atoms with Crippen molar-refractivity contribution in [2.24, 2.45) is 5.92 Å². The minimum absolute atomic E-state index is 0.118. The zero-order valence-electron chi connectivity index (χ0n) is 10.8. The molecular weight excluding hydrogens is 347 g/mol. The van der Waals surface area contributed by atoms with Crippen LogP contribution in [-0.2, 0) is 12.8 Å². The third-order valence-electron chi connectivity index (χ3n) is 3.88. The van der Waals surface area contributed by atoms with E-state index in [-0.39, 0.29) is 5.92 Å². The monoisotopic (exact) mass is 362 g/mol. The van der Waals surface area contributed by atoms with Crippen molar-refractivity contribution in [3.63, 3.8) is 0 Å². The number of fused-ring (bicyclic) bond motifs is 1. The van der Waals surface area contributed by atoms with Crippen molar-refractivity contribution < 1.29 is 4.79 Å². The van der Waals surface area contributed by atoms with E-state index < -0.39 is 0 Å². The maximum atomic E-state index is 12.7. The largest absolute Gasteiger partial charge is 0.294 e. The van der Waals surface area contributed by atoms with Crippen LogP contribution in [0, 0.1) is 16.4 Å². The molecule has 2 heteroatoms. The number of rotatable bonds is 2. The van der Waals surface area contributed by atoms with Gasteiger partial charge in [0.25, 0.3) is 0 Å². The van der Waals surface area contributed by atoms with Crippen LogP contribution < -0.4 is 0 Å². The minimum Gasteiger partial charge on any atom is -0.294 e. The van der Waals surface area contributed by atoms with Gasteiger partial charge in [0.15, 0.2) is 5.78 Å². The molecule has 0 atom stereocenters. The minimum atomic E-state index is 0.118. The molecule has 0 N–H and O–H groups in total. The molecule has 0 saturated heterocycles. The number of aryl methyl sites for hydroxylation is 1. The SMILES string of the molecule is Cc1cccc(C(=O)C2Cc3ccccc3C2)c1I. The van der Waals surface area contributed by atoms with E-state index in [4.69, 9.17) is 0 Å². The standard InChI is InChI=1S/C17H15IO/c1-11-5-4-8-15(16(11)18)17(19)14-9-12-6-2-3-7-13(12)10-14/h2-8,14H,9-10H2,1H3. The van der Waals surface area contributed by atoms with Gasteiger partial charge in [0, 0.05) is 15.1 Å². The molecular formula is C17H15IO. The Balaban J connectivity index is 1.89. The first-order chi connectivity index (χ1) is 9.16. The number of hydrogen-bond acceptors (Lipinski definition) is 1. The van der Waals surface area contributed by atoms with E-state index in [9.17, 15) is 4.79 Å². The molecule has 0 aromatic heterocycles. The summed E-state index contributed by atoms with van der Waals surface area (Å²) in [5, 5.41) is 0. The molecule has 0 spiro atoms. The van der Waals surface area contributed by atoms with Crippen LogP contribution in [0.5, 0.6) is 0 Å². The average molecular weight is 362 g/mol. The van der Waals surface area contributed by atoms with E-state index in [0.29, 0.717) is 5.78 Å². The van der Waals surface area contributed by atoms with E-state index in [2.05, 4.69) is 59.8 Å². The Morgan fingerprint density at radius 1 is 1.05 bits per heavy atom. The van der Waals surface area contributed by atoms with Crippen molar-refractivity contribution >= 4 is 28.4 Å². The van der Waals surface area contributed by atoms with Crippen LogP contribution in [-0.4, -0.2) is 5.78 Å². The van der Waals surface area contributed by atoms with E-state index in [0.717, 1.165) is 22.0 Å². The number of benzene rings is 2. The maximum absolute atomic E-state index is 12.7. The number of halogens is 1. The van der Waals surface area contributed by atoms with Gasteiger partial charge in [-0.15, -0.1) is 0 Å². The third-order valence-corrected chi connectivity index (χ3v) is 5.31. The highest BCUT2D eigenvalue weighted by Gasteiger charge is 2.28. The van der Waals surface area contributed by atoms with Gasteiger partial charge in [-0.2, -0.15) is 0 Å². The molecule has 0 amide bonds. The summed E-state index contributed by atoms with van der Waals surface area (Å²) in [5.74, 6) is 0.414. The van der Waals surface area contributed by atoms with Gasteiger partial charge in [-0.25, -0.2) is 0 Å². The summed E-state index contributed by atoms with van der Waals surface area (Å²) in [6.45, 7) is 2.06. The first-order valence-electron chi connectivity index (χ1n) is 6.53. The molecule has 0 aliphatic heterocycles. The highest BCUT2D eigenvalue weighted by molar-refractivity contribution is 14.1. The molecule has 0 bridgehead atoms. The number of carbonyl (C=O) groups excluding carboxylic acids is 1. The predicted octanol–water partition coefficient (Wildman–Crippen LogP) is 4.20. The molecule has 2 aromatic rings. The normalized spacial score (nSPS) is 14.4. The van der Waals surface area contributed by atoms with E-state index >= 15 is 0 Å². The van der Waals surface area contributed by atoms with Gasteiger partial charge in [-0.05, 0) is 59.0 Å². The van der Waals surface area contributed by atoms with Gasteiger partial charge < -0.3 is 0 Å². The molecule has 0 radical (unpaired) electrons. The Bertz CT molecular complexity index is 620. The molecule has 0 unspecified atom stereocenters. The van der Waals surface area contributed by atoms with Crippen LogP contribution in [0.2, 0.25) is 0 Å². The van der Waals surface area contributed by atoms with Crippen LogP contribution in [0.1, 0.15) is 27.0 Å². The highest BCUT2D eigenvalue weighted by atomic mass is 127. The molecule has 2 aromatic carbocycles. The lowest BCUT2D eigenvalue weighted by atomic mass is 9.94. The Labute approximate surface area is 127 Å². The molecule has 1 aliphatic rings. The first kappa shape index (κ1) is 12.9. The van der Waals surface area contributed by atoms with Gasteiger partial charge in [-0.3, -0.25) is 4.79 Å². The smallest absolute Gasteiger partial charge is 0.167 e. The Hall–Kier alpha value is -1.16. The lowest BCUT2D eigenvalue weighted by Gasteiger charge is -2.11. The number of Topliss-reactive ketones (excluding diaryl/α,β-unsaturated/α-hetero) is 1. The summed E-state index contributed by atoms with van der Waals surface area (Å²) in [5.41, 5.74) is 4.74. The zero-order valence-corrected chi connectivity index (χ0v) is 13.0. The van der Waals surface area contributed by atoms with Crippen LogP contribution >= 0.6 is 22.6 Å². The summed E-state index contributed by atoms with van der Waals surface area (Å²) in [6.07, 6.45) is 1.78. The Morgan fingerprint density at radius 3 is 2.32 bits per heavy atom. The quantitative estimate of drug-likeness (QED) is 0.578. The molecule has 3 rings (SSSR count). The van der Waals surface area contributed by atoms with Gasteiger partial charge in [0.2, 0.25) is 0 Å². The van der Waals surface area contributed by atoms with Crippen molar-refractivity contribution in [1.82, 2.24) is 0 Å². The Kier molecular flexibility index (Phi) is 3.44. The van der Waals surface area contributed by atoms with Crippen LogP contribution in [0.15, 0.2) is 42.5 Å². The molecule has 19 heavy (non-hydrogen) atoms. The molecule has 1 nitrogen and oxygen atoms in total. The summed E-state index contributed by atoms with van der Waals surface area (Å²) in [7, 11) is 0. The van der Waals surface area contributed by atoms with E-state index in [1.165, 1.54) is 16.7 Å². The molecule has 0 saturated carbocycles. The third kappa shape index (κ3) is 2.34. The highest BCUT2D eigenvalue weighted by Crippen LogP contribution is 2.30. The fourth-order valence-electron chi connectivity index (χ4n) is 2.80. The Morgan fingerprint density at radius 2 is 1.68 bits per heavy atom. The molecule has 1 aliphatic carbocycles. The van der Waals surface area contributed by atoms with E-state index in [1.54, 1.807) is 0 Å². The molecule has 0 heterocycles.